The Balaban J connectivity index is 2.40. The molecular weight excluding hydrogens is 274 g/mol. The third-order valence-corrected chi connectivity index (χ3v) is 3.54. The molecule has 0 unspecified atom stereocenters. The van der Waals surface area contributed by atoms with Crippen LogP contribution in [0.25, 0.3) is 0 Å². The number of rotatable bonds is 4. The van der Waals surface area contributed by atoms with Crippen LogP contribution in [0.5, 0.6) is 0 Å². The smallest absolute Gasteiger partial charge is 0.252 e. The molecule has 0 aromatic heterocycles. The van der Waals surface area contributed by atoms with Crippen molar-refractivity contribution in [2.24, 2.45) is 0 Å². The summed E-state index contributed by atoms with van der Waals surface area (Å²) in [5.74, 6) is 1.83. The Morgan fingerprint density at radius 3 is 2.36 bits per heavy atom. The molecular formula is C19H17NO2. The minimum Gasteiger partial charge on any atom is -0.341 e. The number of nitrogens with one attached hydrogen (secondary N) is 1. The van der Waals surface area contributed by atoms with Crippen molar-refractivity contribution in [3.63, 3.8) is 0 Å². The maximum Gasteiger partial charge on any atom is 0.252 e. The highest BCUT2D eigenvalue weighted by atomic mass is 16.2. The fraction of sp³-hybridized carbons (Fsp3) is 0.158. The summed E-state index contributed by atoms with van der Waals surface area (Å²) in [6.07, 6.45) is 5.14. The molecule has 0 radical (unpaired) electrons. The Hall–Kier alpha value is -2.86. The van der Waals surface area contributed by atoms with E-state index in [9.17, 15) is 9.59 Å². The van der Waals surface area contributed by atoms with E-state index in [2.05, 4.69) is 11.2 Å². The number of hydrogen-bond acceptors (Lipinski definition) is 2. The molecule has 0 atom stereocenters. The Kier molecular flexibility index (Phi) is 4.75. The molecule has 22 heavy (non-hydrogen) atoms. The van der Waals surface area contributed by atoms with Gasteiger partial charge in [0.25, 0.3) is 5.91 Å². The summed E-state index contributed by atoms with van der Waals surface area (Å²) in [5.41, 5.74) is 3.44. The van der Waals surface area contributed by atoms with E-state index in [0.29, 0.717) is 16.7 Å². The number of aryl methyl sites for hydroxylation is 2. The second kappa shape index (κ2) is 6.73. The molecule has 0 saturated heterocycles. The molecule has 1 amide bonds. The monoisotopic (exact) mass is 291 g/mol. The lowest BCUT2D eigenvalue weighted by molar-refractivity contribution is 0.0946. The molecule has 3 nitrogen and oxygen atoms in total. The lowest BCUT2D eigenvalue weighted by atomic mass is 9.95. The summed E-state index contributed by atoms with van der Waals surface area (Å²) in [5, 5.41) is 2.59. The Bertz CT molecular complexity index is 769. The van der Waals surface area contributed by atoms with Crippen LogP contribution in [-0.2, 0) is 0 Å². The van der Waals surface area contributed by atoms with Crippen molar-refractivity contribution < 1.29 is 9.59 Å². The number of amides is 1. The van der Waals surface area contributed by atoms with E-state index < -0.39 is 0 Å². The van der Waals surface area contributed by atoms with Crippen LogP contribution in [-0.4, -0.2) is 18.2 Å². The number of carbonyl (C=O) groups excluding carboxylic acids is 2. The molecule has 110 valence electrons. The fourth-order valence-electron chi connectivity index (χ4n) is 2.14. The van der Waals surface area contributed by atoms with Gasteiger partial charge in [0.2, 0.25) is 0 Å². The lowest BCUT2D eigenvalue weighted by Gasteiger charge is -2.09. The normalized spacial score (nSPS) is 9.86. The van der Waals surface area contributed by atoms with E-state index in [1.54, 1.807) is 30.3 Å². The van der Waals surface area contributed by atoms with Crippen LogP contribution in [0.4, 0.5) is 0 Å². The highest BCUT2D eigenvalue weighted by molar-refractivity contribution is 6.15. The van der Waals surface area contributed by atoms with E-state index in [1.165, 1.54) is 0 Å². The van der Waals surface area contributed by atoms with Crippen molar-refractivity contribution in [2.75, 3.05) is 6.54 Å². The van der Waals surface area contributed by atoms with E-state index in [1.807, 2.05) is 26.0 Å². The first kappa shape index (κ1) is 15.5. The highest BCUT2D eigenvalue weighted by Crippen LogP contribution is 2.17. The van der Waals surface area contributed by atoms with E-state index in [4.69, 9.17) is 6.42 Å². The molecule has 0 bridgehead atoms. The van der Waals surface area contributed by atoms with Gasteiger partial charge < -0.3 is 5.32 Å². The van der Waals surface area contributed by atoms with Crippen molar-refractivity contribution in [3.05, 3.63) is 70.3 Å². The molecule has 1 N–H and O–H groups in total. The molecule has 3 heteroatoms. The predicted octanol–water partition coefficient (Wildman–Crippen LogP) is 2.90. The van der Waals surface area contributed by atoms with Crippen LogP contribution in [0.3, 0.4) is 0 Å². The van der Waals surface area contributed by atoms with Crippen molar-refractivity contribution in [3.8, 4) is 12.3 Å². The van der Waals surface area contributed by atoms with Gasteiger partial charge in [0.1, 0.15) is 0 Å². The van der Waals surface area contributed by atoms with Gasteiger partial charge in [0, 0.05) is 11.1 Å². The lowest BCUT2D eigenvalue weighted by Crippen LogP contribution is -2.25. The first-order chi connectivity index (χ1) is 10.5. The minimum atomic E-state index is -0.342. The number of carbonyl (C=O) groups is 2. The van der Waals surface area contributed by atoms with Crippen molar-refractivity contribution in [1.82, 2.24) is 5.32 Å². The Morgan fingerprint density at radius 1 is 1.05 bits per heavy atom. The summed E-state index contributed by atoms with van der Waals surface area (Å²) >= 11 is 0. The van der Waals surface area contributed by atoms with Crippen LogP contribution in [0.2, 0.25) is 0 Å². The van der Waals surface area contributed by atoms with Gasteiger partial charge in [-0.3, -0.25) is 9.59 Å². The number of benzene rings is 2. The first-order valence-corrected chi connectivity index (χ1v) is 6.97. The predicted molar refractivity (Wildman–Crippen MR) is 87.0 cm³/mol. The molecule has 2 rings (SSSR count). The van der Waals surface area contributed by atoms with E-state index in [0.717, 1.165) is 11.1 Å². The first-order valence-electron chi connectivity index (χ1n) is 6.97. The minimum absolute atomic E-state index is 0.130. The van der Waals surface area contributed by atoms with Gasteiger partial charge >= 0.3 is 0 Å². The molecule has 0 saturated carbocycles. The largest absolute Gasteiger partial charge is 0.341 e. The second-order valence-electron chi connectivity index (χ2n) is 5.06. The zero-order chi connectivity index (χ0) is 16.1. The molecule has 0 aliphatic heterocycles. The van der Waals surface area contributed by atoms with Gasteiger partial charge in [-0.1, -0.05) is 36.3 Å². The summed E-state index contributed by atoms with van der Waals surface area (Å²) in [4.78, 5) is 24.8. The van der Waals surface area contributed by atoms with Crippen molar-refractivity contribution >= 4 is 11.7 Å². The highest BCUT2D eigenvalue weighted by Gasteiger charge is 2.17. The van der Waals surface area contributed by atoms with Gasteiger partial charge in [-0.05, 0) is 37.1 Å². The van der Waals surface area contributed by atoms with Crippen LogP contribution in [0.1, 0.15) is 37.4 Å². The van der Waals surface area contributed by atoms with Gasteiger partial charge in [-0.2, -0.15) is 0 Å². The fourth-order valence-corrected chi connectivity index (χ4v) is 2.14. The van der Waals surface area contributed by atoms with Gasteiger partial charge in [0.15, 0.2) is 5.78 Å². The van der Waals surface area contributed by atoms with Crippen LogP contribution in [0, 0.1) is 26.2 Å². The zero-order valence-electron chi connectivity index (χ0n) is 12.6. The SMILES string of the molecule is C#CCNC(=O)c1ccccc1C(=O)c1ccc(C)c(C)c1. The number of terminal acetylenes is 1. The quantitative estimate of drug-likeness (QED) is 0.695. The summed E-state index contributed by atoms with van der Waals surface area (Å²) in [6, 6.07) is 12.3. The average Bonchev–Trinajstić information content (AvgIpc) is 2.54. The average molecular weight is 291 g/mol. The topological polar surface area (TPSA) is 46.2 Å². The van der Waals surface area contributed by atoms with Gasteiger partial charge in [-0.15, -0.1) is 6.42 Å². The van der Waals surface area contributed by atoms with Crippen LogP contribution < -0.4 is 5.32 Å². The Labute approximate surface area is 130 Å². The number of hydrogen-bond donors (Lipinski definition) is 1. The van der Waals surface area contributed by atoms with E-state index >= 15 is 0 Å². The van der Waals surface area contributed by atoms with Crippen molar-refractivity contribution in [2.45, 2.75) is 13.8 Å². The van der Waals surface area contributed by atoms with E-state index in [-0.39, 0.29) is 18.2 Å². The van der Waals surface area contributed by atoms with Crippen LogP contribution >= 0.6 is 0 Å². The maximum absolute atomic E-state index is 12.7. The second-order valence-corrected chi connectivity index (χ2v) is 5.06. The number of ketones is 1. The molecule has 2 aromatic carbocycles. The van der Waals surface area contributed by atoms with Gasteiger partial charge in [-0.25, -0.2) is 0 Å². The summed E-state index contributed by atoms with van der Waals surface area (Å²) < 4.78 is 0. The summed E-state index contributed by atoms with van der Waals surface area (Å²) in [7, 11) is 0. The molecule has 0 aliphatic carbocycles. The van der Waals surface area contributed by atoms with Crippen molar-refractivity contribution in [1.29, 1.82) is 0 Å². The molecule has 0 aliphatic rings. The third-order valence-electron chi connectivity index (χ3n) is 3.54. The molecule has 2 aromatic rings. The third kappa shape index (κ3) is 3.24. The summed E-state index contributed by atoms with van der Waals surface area (Å²) in [6.45, 7) is 4.08. The molecule has 0 heterocycles. The maximum atomic E-state index is 12.7. The zero-order valence-corrected chi connectivity index (χ0v) is 12.6. The van der Waals surface area contributed by atoms with Gasteiger partial charge in [0.05, 0.1) is 12.1 Å². The standard InChI is InChI=1S/C19H17NO2/c1-4-11-20-19(22)17-8-6-5-7-16(17)18(21)15-10-9-13(2)14(3)12-15/h1,5-10,12H,11H2,2-3H3,(H,20,22). The Morgan fingerprint density at radius 2 is 1.73 bits per heavy atom. The van der Waals surface area contributed by atoms with Crippen LogP contribution in [0.15, 0.2) is 42.5 Å². The molecule has 0 fully saturated rings. The molecule has 0 spiro atoms.